The fourth-order valence-electron chi connectivity index (χ4n) is 1.46. The van der Waals surface area contributed by atoms with Gasteiger partial charge in [-0.05, 0) is 23.8 Å². The molecule has 2 nitrogen and oxygen atoms in total. The number of hydrogen-bond donors (Lipinski definition) is 1. The molecule has 0 aliphatic carbocycles. The summed E-state index contributed by atoms with van der Waals surface area (Å²) < 4.78 is 0. The van der Waals surface area contributed by atoms with Crippen LogP contribution in [-0.2, 0) is 4.79 Å². The molecule has 92 valence electrons. The number of carbonyl (C=O) groups excluding carboxylic acids is 1. The molecule has 0 bridgehead atoms. The lowest BCUT2D eigenvalue weighted by molar-refractivity contribution is -0.114. The molecular weight excluding hydrogens is 234 g/mol. The Hall–Kier alpha value is -2.79. The molecule has 1 N–H and O–H groups in total. The molecule has 0 aliphatic heterocycles. The molecule has 0 atom stereocenters. The zero-order valence-corrected chi connectivity index (χ0v) is 10.3. The van der Waals surface area contributed by atoms with Crippen LogP contribution in [0.5, 0.6) is 0 Å². The van der Waals surface area contributed by atoms with Crippen molar-refractivity contribution >= 4 is 12.0 Å². The predicted molar refractivity (Wildman–Crippen MR) is 76.9 cm³/mol. The van der Waals surface area contributed by atoms with Crippen molar-refractivity contribution in [2.24, 2.45) is 0 Å². The number of hydrogen-bond acceptors (Lipinski definition) is 1. The smallest absolute Gasteiger partial charge is 0.300 e. The van der Waals surface area contributed by atoms with Gasteiger partial charge >= 0.3 is 0 Å². The highest BCUT2D eigenvalue weighted by atomic mass is 16.1. The van der Waals surface area contributed by atoms with Crippen LogP contribution >= 0.6 is 0 Å². The van der Waals surface area contributed by atoms with E-state index in [2.05, 4.69) is 17.2 Å². The first kappa shape index (κ1) is 12.7. The van der Waals surface area contributed by atoms with Crippen molar-refractivity contribution < 1.29 is 4.79 Å². The van der Waals surface area contributed by atoms with Gasteiger partial charge in [0.25, 0.3) is 5.91 Å². The number of benzene rings is 2. The summed E-state index contributed by atoms with van der Waals surface area (Å²) >= 11 is 0. The maximum Gasteiger partial charge on any atom is 0.300 e. The monoisotopic (exact) mass is 247 g/mol. The second-order valence-corrected chi connectivity index (χ2v) is 3.83. The zero-order chi connectivity index (χ0) is 13.3. The quantitative estimate of drug-likeness (QED) is 0.812. The Bertz CT molecular complexity index is 619. The van der Waals surface area contributed by atoms with Crippen LogP contribution in [0.25, 0.3) is 6.08 Å². The molecule has 0 heterocycles. The van der Waals surface area contributed by atoms with E-state index in [1.165, 1.54) is 0 Å². The van der Waals surface area contributed by atoms with Crippen LogP contribution in [-0.4, -0.2) is 5.91 Å². The summed E-state index contributed by atoms with van der Waals surface area (Å²) in [6.45, 7) is 0. The molecule has 0 aliphatic rings. The Morgan fingerprint density at radius 1 is 0.947 bits per heavy atom. The standard InChI is InChI=1S/C17H13NO/c19-17(12-11-15-7-3-1-4-8-15)18-14-13-16-9-5-2-6-10-16/h1-10,13-14H,(H,18,19)/b14-13+. The van der Waals surface area contributed by atoms with Crippen molar-refractivity contribution in [1.29, 1.82) is 0 Å². The second kappa shape index (κ2) is 6.83. The number of carbonyl (C=O) groups is 1. The summed E-state index contributed by atoms with van der Waals surface area (Å²) in [6, 6.07) is 19.1. The molecule has 2 heteroatoms. The van der Waals surface area contributed by atoms with Crippen molar-refractivity contribution in [1.82, 2.24) is 5.32 Å². The van der Waals surface area contributed by atoms with E-state index in [4.69, 9.17) is 0 Å². The highest BCUT2D eigenvalue weighted by Gasteiger charge is 1.90. The van der Waals surface area contributed by atoms with E-state index in [0.717, 1.165) is 11.1 Å². The normalized spacial score (nSPS) is 9.68. The molecule has 0 radical (unpaired) electrons. The van der Waals surface area contributed by atoms with Gasteiger partial charge in [-0.1, -0.05) is 54.5 Å². The Kier molecular flexibility index (Phi) is 4.55. The third-order valence-electron chi connectivity index (χ3n) is 2.38. The third kappa shape index (κ3) is 4.53. The lowest BCUT2D eigenvalue weighted by Gasteiger charge is -1.92. The number of nitrogens with one attached hydrogen (secondary N) is 1. The van der Waals surface area contributed by atoms with Crippen LogP contribution in [0.2, 0.25) is 0 Å². The highest BCUT2D eigenvalue weighted by molar-refractivity contribution is 5.95. The molecule has 2 aromatic carbocycles. The van der Waals surface area contributed by atoms with Crippen LogP contribution in [0, 0.1) is 11.8 Å². The summed E-state index contributed by atoms with van der Waals surface area (Å²) in [6.07, 6.45) is 3.42. The molecule has 0 fully saturated rings. The van der Waals surface area contributed by atoms with Crippen LogP contribution in [0.3, 0.4) is 0 Å². The average Bonchev–Trinajstić information content (AvgIpc) is 2.47. The summed E-state index contributed by atoms with van der Waals surface area (Å²) in [5, 5.41) is 2.61. The molecular formula is C17H13NO. The van der Waals surface area contributed by atoms with Crippen molar-refractivity contribution in [2.75, 3.05) is 0 Å². The maximum absolute atomic E-state index is 11.5. The first-order valence-electron chi connectivity index (χ1n) is 5.94. The van der Waals surface area contributed by atoms with Gasteiger partial charge in [-0.3, -0.25) is 4.79 Å². The van der Waals surface area contributed by atoms with Crippen molar-refractivity contribution in [3.8, 4) is 11.8 Å². The molecule has 2 rings (SSSR count). The van der Waals surface area contributed by atoms with E-state index in [9.17, 15) is 4.79 Å². The van der Waals surface area contributed by atoms with Gasteiger partial charge in [0.15, 0.2) is 0 Å². The highest BCUT2D eigenvalue weighted by Crippen LogP contribution is 1.99. The first-order chi connectivity index (χ1) is 9.34. The van der Waals surface area contributed by atoms with Gasteiger partial charge in [-0.2, -0.15) is 0 Å². The summed E-state index contributed by atoms with van der Waals surface area (Å²) in [5.41, 5.74) is 1.85. The Morgan fingerprint density at radius 3 is 2.26 bits per heavy atom. The van der Waals surface area contributed by atoms with Crippen LogP contribution in [0.15, 0.2) is 66.9 Å². The van der Waals surface area contributed by atoms with E-state index >= 15 is 0 Å². The molecule has 0 saturated heterocycles. The van der Waals surface area contributed by atoms with Gasteiger partial charge < -0.3 is 5.32 Å². The summed E-state index contributed by atoms with van der Waals surface area (Å²) in [5.74, 6) is 5.01. The van der Waals surface area contributed by atoms with Gasteiger partial charge in [-0.25, -0.2) is 0 Å². The molecule has 1 amide bonds. The van der Waals surface area contributed by atoms with Crippen LogP contribution in [0.4, 0.5) is 0 Å². The zero-order valence-electron chi connectivity index (χ0n) is 10.3. The van der Waals surface area contributed by atoms with Crippen molar-refractivity contribution in [3.05, 3.63) is 78.0 Å². The fraction of sp³-hybridized carbons (Fsp3) is 0. The third-order valence-corrected chi connectivity index (χ3v) is 2.38. The Labute approximate surface area is 112 Å². The van der Waals surface area contributed by atoms with Gasteiger partial charge in [0.1, 0.15) is 0 Å². The van der Waals surface area contributed by atoms with Gasteiger partial charge in [0.2, 0.25) is 0 Å². The lowest BCUT2D eigenvalue weighted by atomic mass is 10.2. The van der Waals surface area contributed by atoms with Gasteiger partial charge in [-0.15, -0.1) is 0 Å². The Morgan fingerprint density at radius 2 is 1.58 bits per heavy atom. The van der Waals surface area contributed by atoms with Gasteiger partial charge in [0, 0.05) is 17.7 Å². The fourth-order valence-corrected chi connectivity index (χ4v) is 1.46. The van der Waals surface area contributed by atoms with Crippen LogP contribution < -0.4 is 5.32 Å². The molecule has 0 unspecified atom stereocenters. The Balaban J connectivity index is 1.89. The minimum absolute atomic E-state index is 0.323. The van der Waals surface area contributed by atoms with E-state index in [0.29, 0.717) is 0 Å². The van der Waals surface area contributed by atoms with E-state index < -0.39 is 0 Å². The average molecular weight is 247 g/mol. The lowest BCUT2D eigenvalue weighted by Crippen LogP contribution is -2.13. The van der Waals surface area contributed by atoms with Crippen molar-refractivity contribution in [3.63, 3.8) is 0 Å². The van der Waals surface area contributed by atoms with E-state index in [1.807, 2.05) is 66.7 Å². The van der Waals surface area contributed by atoms with E-state index in [1.54, 1.807) is 6.20 Å². The predicted octanol–water partition coefficient (Wildman–Crippen LogP) is 2.83. The second-order valence-electron chi connectivity index (χ2n) is 3.83. The SMILES string of the molecule is O=C(C#Cc1ccccc1)N/C=C/c1ccccc1. The largest absolute Gasteiger partial charge is 0.322 e. The van der Waals surface area contributed by atoms with E-state index in [-0.39, 0.29) is 5.91 Å². The van der Waals surface area contributed by atoms with Crippen molar-refractivity contribution in [2.45, 2.75) is 0 Å². The molecule has 0 saturated carbocycles. The summed E-state index contributed by atoms with van der Waals surface area (Å²) in [4.78, 5) is 11.5. The number of amides is 1. The minimum atomic E-state index is -0.323. The topological polar surface area (TPSA) is 29.1 Å². The van der Waals surface area contributed by atoms with Gasteiger partial charge in [0.05, 0.1) is 0 Å². The molecule has 0 aromatic heterocycles. The minimum Gasteiger partial charge on any atom is -0.322 e. The maximum atomic E-state index is 11.5. The molecule has 0 spiro atoms. The summed E-state index contributed by atoms with van der Waals surface area (Å²) in [7, 11) is 0. The number of rotatable bonds is 2. The van der Waals surface area contributed by atoms with Crippen LogP contribution in [0.1, 0.15) is 11.1 Å². The molecule has 19 heavy (non-hydrogen) atoms. The first-order valence-corrected chi connectivity index (χ1v) is 5.94. The molecule has 2 aromatic rings.